The lowest BCUT2D eigenvalue weighted by molar-refractivity contribution is -0.123. The molecule has 0 spiro atoms. The Kier molecular flexibility index (Phi) is 6.48. The highest BCUT2D eigenvalue weighted by atomic mass is 35.5. The van der Waals surface area contributed by atoms with E-state index in [0.29, 0.717) is 19.1 Å². The van der Waals surface area contributed by atoms with E-state index in [4.69, 9.17) is 0 Å². The summed E-state index contributed by atoms with van der Waals surface area (Å²) in [5, 5.41) is 3.36. The number of nitrogens with one attached hydrogen (secondary N) is 2. The molecule has 2 heterocycles. The van der Waals surface area contributed by atoms with Crippen molar-refractivity contribution in [2.75, 3.05) is 24.5 Å². The van der Waals surface area contributed by atoms with Crippen molar-refractivity contribution in [3.8, 4) is 0 Å². The first kappa shape index (κ1) is 20.2. The fraction of sp³-hybridized carbons (Fsp3) is 0.588. The summed E-state index contributed by atoms with van der Waals surface area (Å²) in [6, 6.07) is 5.44. The van der Waals surface area contributed by atoms with Gasteiger partial charge in [0.25, 0.3) is 0 Å². The summed E-state index contributed by atoms with van der Waals surface area (Å²) in [4.78, 5) is 14.9. The van der Waals surface area contributed by atoms with Gasteiger partial charge in [0.15, 0.2) is 0 Å². The number of benzene rings is 1. The second-order valence-electron chi connectivity index (χ2n) is 6.61. The van der Waals surface area contributed by atoms with E-state index in [-0.39, 0.29) is 29.1 Å². The van der Waals surface area contributed by atoms with Gasteiger partial charge in [0.05, 0.1) is 4.90 Å². The molecule has 2 aliphatic heterocycles. The number of fused-ring (bicyclic) bond motifs is 1. The number of amides is 1. The van der Waals surface area contributed by atoms with Gasteiger partial charge in [0.2, 0.25) is 15.9 Å². The summed E-state index contributed by atoms with van der Waals surface area (Å²) in [6.45, 7) is 5.68. The number of carbonyl (C=O) groups is 1. The molecule has 140 valence electrons. The van der Waals surface area contributed by atoms with Crippen LogP contribution in [0.4, 0.5) is 5.69 Å². The molecule has 1 saturated heterocycles. The molecule has 1 aromatic carbocycles. The highest BCUT2D eigenvalue weighted by molar-refractivity contribution is 7.89. The fourth-order valence-electron chi connectivity index (χ4n) is 3.61. The van der Waals surface area contributed by atoms with Gasteiger partial charge in [-0.15, -0.1) is 12.4 Å². The summed E-state index contributed by atoms with van der Waals surface area (Å²) >= 11 is 0. The van der Waals surface area contributed by atoms with Crippen molar-refractivity contribution >= 4 is 34.0 Å². The Morgan fingerprint density at radius 2 is 2.16 bits per heavy atom. The first-order valence-electron chi connectivity index (χ1n) is 8.59. The molecule has 0 unspecified atom stereocenters. The van der Waals surface area contributed by atoms with Crippen LogP contribution in [0, 0.1) is 5.92 Å². The maximum Gasteiger partial charge on any atom is 0.240 e. The number of hydrogen-bond donors (Lipinski definition) is 2. The van der Waals surface area contributed by atoms with E-state index in [9.17, 15) is 13.2 Å². The van der Waals surface area contributed by atoms with E-state index in [0.717, 1.165) is 37.1 Å². The van der Waals surface area contributed by atoms with Crippen molar-refractivity contribution < 1.29 is 13.2 Å². The molecule has 0 radical (unpaired) electrons. The Morgan fingerprint density at radius 1 is 1.40 bits per heavy atom. The monoisotopic (exact) mass is 387 g/mol. The molecule has 8 heteroatoms. The number of anilines is 1. The molecule has 3 rings (SSSR count). The third-order valence-electron chi connectivity index (χ3n) is 4.84. The SMILES string of the molecule is CCNS(=O)(=O)c1ccc2c(c1)N(C(=O)[C@H]1CCN[C@@H](C)C1)CC2.Cl. The van der Waals surface area contributed by atoms with Crippen LogP contribution in [0.15, 0.2) is 23.1 Å². The fourth-order valence-corrected chi connectivity index (χ4v) is 4.67. The van der Waals surface area contributed by atoms with Crippen LogP contribution in [0.3, 0.4) is 0 Å². The number of sulfonamides is 1. The summed E-state index contributed by atoms with van der Waals surface area (Å²) in [5.41, 5.74) is 1.80. The Balaban J connectivity index is 0.00000225. The van der Waals surface area contributed by atoms with Crippen LogP contribution >= 0.6 is 12.4 Å². The quantitative estimate of drug-likeness (QED) is 0.823. The molecule has 2 atom stereocenters. The molecular formula is C17H26ClN3O3S. The number of rotatable bonds is 4. The van der Waals surface area contributed by atoms with Crippen LogP contribution in [0.5, 0.6) is 0 Å². The Morgan fingerprint density at radius 3 is 2.84 bits per heavy atom. The normalized spacial score (nSPS) is 23.0. The maximum atomic E-state index is 12.9. The van der Waals surface area contributed by atoms with Crippen LogP contribution < -0.4 is 14.9 Å². The standard InChI is InChI=1S/C17H25N3O3S.ClH/c1-3-19-24(22,23)15-5-4-13-7-9-20(16(13)11-15)17(21)14-6-8-18-12(2)10-14;/h4-5,11-12,14,18-19H,3,6-10H2,1-2H3;1H/t12-,14-;/m0./s1. The van der Waals surface area contributed by atoms with Gasteiger partial charge in [-0.05, 0) is 50.4 Å². The van der Waals surface area contributed by atoms with Gasteiger partial charge in [-0.2, -0.15) is 0 Å². The van der Waals surface area contributed by atoms with E-state index >= 15 is 0 Å². The molecule has 2 N–H and O–H groups in total. The topological polar surface area (TPSA) is 78.5 Å². The van der Waals surface area contributed by atoms with E-state index in [2.05, 4.69) is 17.0 Å². The minimum Gasteiger partial charge on any atom is -0.314 e. The van der Waals surface area contributed by atoms with Crippen molar-refractivity contribution in [1.82, 2.24) is 10.0 Å². The van der Waals surface area contributed by atoms with Gasteiger partial charge in [-0.3, -0.25) is 4.79 Å². The molecule has 1 aromatic rings. The molecule has 2 aliphatic rings. The number of nitrogens with zero attached hydrogens (tertiary/aromatic N) is 1. The van der Waals surface area contributed by atoms with Gasteiger partial charge >= 0.3 is 0 Å². The van der Waals surface area contributed by atoms with Crippen molar-refractivity contribution in [2.45, 2.75) is 44.0 Å². The first-order valence-corrected chi connectivity index (χ1v) is 10.1. The summed E-state index contributed by atoms with van der Waals surface area (Å²) < 4.78 is 27.0. The maximum absolute atomic E-state index is 12.9. The highest BCUT2D eigenvalue weighted by Gasteiger charge is 2.33. The molecule has 0 saturated carbocycles. The van der Waals surface area contributed by atoms with E-state index in [1.807, 2.05) is 6.07 Å². The molecule has 25 heavy (non-hydrogen) atoms. The van der Waals surface area contributed by atoms with Crippen LogP contribution in [0.2, 0.25) is 0 Å². The predicted molar refractivity (Wildman–Crippen MR) is 101 cm³/mol. The summed E-state index contributed by atoms with van der Waals surface area (Å²) in [5.74, 6) is 0.140. The summed E-state index contributed by atoms with van der Waals surface area (Å²) in [6.07, 6.45) is 2.45. The van der Waals surface area contributed by atoms with Crippen molar-refractivity contribution in [1.29, 1.82) is 0 Å². The lowest BCUT2D eigenvalue weighted by atomic mass is 9.92. The van der Waals surface area contributed by atoms with Crippen LogP contribution in [0.25, 0.3) is 0 Å². The lowest BCUT2D eigenvalue weighted by Crippen LogP contribution is -2.43. The van der Waals surface area contributed by atoms with E-state index < -0.39 is 10.0 Å². The number of hydrogen-bond acceptors (Lipinski definition) is 4. The van der Waals surface area contributed by atoms with Gasteiger partial charge in [-0.25, -0.2) is 13.1 Å². The van der Waals surface area contributed by atoms with Gasteiger partial charge in [0.1, 0.15) is 0 Å². The van der Waals surface area contributed by atoms with Crippen molar-refractivity contribution in [3.63, 3.8) is 0 Å². The second-order valence-corrected chi connectivity index (χ2v) is 8.38. The van der Waals surface area contributed by atoms with Crippen LogP contribution in [-0.4, -0.2) is 40.0 Å². The van der Waals surface area contributed by atoms with Crippen molar-refractivity contribution in [2.24, 2.45) is 5.92 Å². The van der Waals surface area contributed by atoms with Crippen molar-refractivity contribution in [3.05, 3.63) is 23.8 Å². The first-order chi connectivity index (χ1) is 11.4. The molecule has 1 fully saturated rings. The molecule has 0 aliphatic carbocycles. The predicted octanol–water partition coefficient (Wildman–Crippen LogP) is 1.68. The number of halogens is 1. The largest absolute Gasteiger partial charge is 0.314 e. The smallest absolute Gasteiger partial charge is 0.240 e. The Labute approximate surface area is 155 Å². The number of piperidine rings is 1. The number of carbonyl (C=O) groups excluding carboxylic acids is 1. The van der Waals surface area contributed by atoms with Gasteiger partial charge in [-0.1, -0.05) is 13.0 Å². The highest BCUT2D eigenvalue weighted by Crippen LogP contribution is 2.33. The zero-order valence-corrected chi connectivity index (χ0v) is 16.3. The molecule has 0 aromatic heterocycles. The molecule has 6 nitrogen and oxygen atoms in total. The average molecular weight is 388 g/mol. The third kappa shape index (κ3) is 4.16. The Hall–Kier alpha value is -1.15. The molecule has 0 bridgehead atoms. The minimum atomic E-state index is -3.51. The molecule has 1 amide bonds. The Bertz CT molecular complexity index is 739. The lowest BCUT2D eigenvalue weighted by Gasteiger charge is -2.30. The van der Waals surface area contributed by atoms with Crippen LogP contribution in [0.1, 0.15) is 32.3 Å². The second kappa shape index (κ2) is 8.03. The van der Waals surface area contributed by atoms with Crippen LogP contribution in [-0.2, 0) is 21.2 Å². The van der Waals surface area contributed by atoms with Gasteiger partial charge < -0.3 is 10.2 Å². The molecular weight excluding hydrogens is 362 g/mol. The third-order valence-corrected chi connectivity index (χ3v) is 6.38. The average Bonchev–Trinajstić information content (AvgIpc) is 2.97. The van der Waals surface area contributed by atoms with E-state index in [1.165, 1.54) is 0 Å². The zero-order valence-electron chi connectivity index (χ0n) is 14.6. The minimum absolute atomic E-state index is 0. The zero-order chi connectivity index (χ0) is 17.3. The summed E-state index contributed by atoms with van der Waals surface area (Å²) in [7, 11) is -3.51. The van der Waals surface area contributed by atoms with E-state index in [1.54, 1.807) is 24.0 Å². The van der Waals surface area contributed by atoms with Gasteiger partial charge in [0, 0.05) is 30.7 Å².